The van der Waals surface area contributed by atoms with E-state index in [1.165, 1.54) is 5.57 Å². The molecule has 0 aliphatic carbocycles. The second kappa shape index (κ2) is 5.47. The standard InChI is InChI=1S/C13H23NO/c1-5-9(2)6-7-13-10(3)8-12(14)11(4)15-13/h5-6,10-13H,1,7-8,14H2,2-4H3. The molecule has 0 radical (unpaired) electrons. The Bertz CT molecular complexity index is 247. The highest BCUT2D eigenvalue weighted by atomic mass is 16.5. The predicted octanol–water partition coefficient (Wildman–Crippen LogP) is 2.65. The first-order valence-electron chi connectivity index (χ1n) is 5.74. The summed E-state index contributed by atoms with van der Waals surface area (Å²) >= 11 is 0. The molecule has 0 aromatic rings. The van der Waals surface area contributed by atoms with Gasteiger partial charge in [0.25, 0.3) is 0 Å². The molecule has 2 heteroatoms. The lowest BCUT2D eigenvalue weighted by atomic mass is 9.88. The van der Waals surface area contributed by atoms with Gasteiger partial charge in [0.05, 0.1) is 12.2 Å². The van der Waals surface area contributed by atoms with E-state index in [-0.39, 0.29) is 12.1 Å². The van der Waals surface area contributed by atoms with Crippen LogP contribution in [0.1, 0.15) is 33.6 Å². The fraction of sp³-hybridized carbons (Fsp3) is 0.692. The van der Waals surface area contributed by atoms with E-state index < -0.39 is 0 Å². The fourth-order valence-corrected chi connectivity index (χ4v) is 1.96. The summed E-state index contributed by atoms with van der Waals surface area (Å²) in [5.41, 5.74) is 7.17. The van der Waals surface area contributed by atoms with E-state index in [0.29, 0.717) is 12.0 Å². The fourth-order valence-electron chi connectivity index (χ4n) is 1.96. The zero-order valence-corrected chi connectivity index (χ0v) is 10.1. The number of hydrogen-bond acceptors (Lipinski definition) is 2. The Morgan fingerprint density at radius 2 is 2.20 bits per heavy atom. The van der Waals surface area contributed by atoms with Gasteiger partial charge in [-0.1, -0.05) is 31.2 Å². The Kier molecular flexibility index (Phi) is 4.55. The van der Waals surface area contributed by atoms with Gasteiger partial charge in [0.15, 0.2) is 0 Å². The molecule has 1 heterocycles. The monoisotopic (exact) mass is 209 g/mol. The van der Waals surface area contributed by atoms with Gasteiger partial charge in [0.1, 0.15) is 0 Å². The second-order valence-corrected chi connectivity index (χ2v) is 4.64. The van der Waals surface area contributed by atoms with Gasteiger partial charge < -0.3 is 10.5 Å². The van der Waals surface area contributed by atoms with Crippen LogP contribution >= 0.6 is 0 Å². The second-order valence-electron chi connectivity index (χ2n) is 4.64. The van der Waals surface area contributed by atoms with Crippen molar-refractivity contribution in [3.8, 4) is 0 Å². The molecule has 1 saturated heterocycles. The number of rotatable bonds is 3. The predicted molar refractivity (Wildman–Crippen MR) is 64.7 cm³/mol. The highest BCUT2D eigenvalue weighted by Gasteiger charge is 2.30. The molecule has 1 fully saturated rings. The van der Waals surface area contributed by atoms with E-state index >= 15 is 0 Å². The zero-order chi connectivity index (χ0) is 11.4. The van der Waals surface area contributed by atoms with Crippen LogP contribution < -0.4 is 5.73 Å². The molecule has 0 aromatic heterocycles. The summed E-state index contributed by atoms with van der Waals surface area (Å²) in [6.07, 6.45) is 6.60. The maximum absolute atomic E-state index is 5.96. The van der Waals surface area contributed by atoms with E-state index in [9.17, 15) is 0 Å². The number of allylic oxidation sites excluding steroid dienone is 2. The number of nitrogens with two attached hydrogens (primary N) is 1. The smallest absolute Gasteiger partial charge is 0.0702 e. The molecule has 1 aliphatic rings. The third-order valence-electron chi connectivity index (χ3n) is 3.27. The van der Waals surface area contributed by atoms with E-state index in [0.717, 1.165) is 12.8 Å². The largest absolute Gasteiger partial charge is 0.373 e. The van der Waals surface area contributed by atoms with Gasteiger partial charge in [-0.3, -0.25) is 0 Å². The maximum Gasteiger partial charge on any atom is 0.0702 e. The first-order valence-corrected chi connectivity index (χ1v) is 5.74. The molecule has 86 valence electrons. The molecule has 1 aliphatic heterocycles. The Morgan fingerprint density at radius 1 is 1.53 bits per heavy atom. The molecular weight excluding hydrogens is 186 g/mol. The summed E-state index contributed by atoms with van der Waals surface area (Å²) in [5, 5.41) is 0. The minimum Gasteiger partial charge on any atom is -0.373 e. The van der Waals surface area contributed by atoms with Gasteiger partial charge in [-0.15, -0.1) is 0 Å². The topological polar surface area (TPSA) is 35.2 Å². The van der Waals surface area contributed by atoms with Crippen molar-refractivity contribution in [1.29, 1.82) is 0 Å². The van der Waals surface area contributed by atoms with Gasteiger partial charge in [0, 0.05) is 6.04 Å². The molecule has 2 nitrogen and oxygen atoms in total. The van der Waals surface area contributed by atoms with Crippen LogP contribution in [0.25, 0.3) is 0 Å². The van der Waals surface area contributed by atoms with Crippen LogP contribution in [0.2, 0.25) is 0 Å². The van der Waals surface area contributed by atoms with Crippen molar-refractivity contribution in [1.82, 2.24) is 0 Å². The van der Waals surface area contributed by atoms with Crippen molar-refractivity contribution in [2.24, 2.45) is 11.7 Å². The highest BCUT2D eigenvalue weighted by molar-refractivity contribution is 5.13. The molecule has 0 bridgehead atoms. The maximum atomic E-state index is 5.96. The average molecular weight is 209 g/mol. The lowest BCUT2D eigenvalue weighted by Crippen LogP contribution is -2.46. The van der Waals surface area contributed by atoms with E-state index in [1.54, 1.807) is 0 Å². The van der Waals surface area contributed by atoms with Gasteiger partial charge in [0.2, 0.25) is 0 Å². The Hall–Kier alpha value is -0.600. The molecule has 1 rings (SSSR count). The van der Waals surface area contributed by atoms with Gasteiger partial charge in [-0.05, 0) is 32.6 Å². The van der Waals surface area contributed by atoms with Crippen LogP contribution in [0.4, 0.5) is 0 Å². The first-order chi connectivity index (χ1) is 7.04. The van der Waals surface area contributed by atoms with Crippen LogP contribution in [-0.2, 0) is 4.74 Å². The van der Waals surface area contributed by atoms with Gasteiger partial charge in [-0.2, -0.15) is 0 Å². The van der Waals surface area contributed by atoms with E-state index in [4.69, 9.17) is 10.5 Å². The van der Waals surface area contributed by atoms with Crippen LogP contribution in [0.3, 0.4) is 0 Å². The number of ether oxygens (including phenoxy) is 1. The minimum absolute atomic E-state index is 0.184. The zero-order valence-electron chi connectivity index (χ0n) is 10.1. The molecule has 0 saturated carbocycles. The van der Waals surface area contributed by atoms with Crippen molar-refractivity contribution >= 4 is 0 Å². The highest BCUT2D eigenvalue weighted by Crippen LogP contribution is 2.26. The summed E-state index contributed by atoms with van der Waals surface area (Å²) in [6.45, 7) is 10.1. The summed E-state index contributed by atoms with van der Waals surface area (Å²) in [4.78, 5) is 0. The quantitative estimate of drug-likeness (QED) is 0.725. The minimum atomic E-state index is 0.184. The van der Waals surface area contributed by atoms with E-state index in [1.807, 2.05) is 6.08 Å². The van der Waals surface area contributed by atoms with Crippen LogP contribution in [0.5, 0.6) is 0 Å². The molecular formula is C13H23NO. The Balaban J connectivity index is 2.51. The lowest BCUT2D eigenvalue weighted by molar-refractivity contribution is -0.0784. The van der Waals surface area contributed by atoms with Crippen LogP contribution in [0.15, 0.2) is 24.3 Å². The molecule has 2 N–H and O–H groups in total. The first kappa shape index (κ1) is 12.5. The number of hydrogen-bond donors (Lipinski definition) is 1. The average Bonchev–Trinajstić information content (AvgIpc) is 2.21. The molecule has 0 amide bonds. The third kappa shape index (κ3) is 3.47. The Labute approximate surface area is 93.2 Å². The summed E-state index contributed by atoms with van der Waals surface area (Å²) in [5.74, 6) is 0.546. The van der Waals surface area contributed by atoms with Crippen molar-refractivity contribution in [3.05, 3.63) is 24.3 Å². The lowest BCUT2D eigenvalue weighted by Gasteiger charge is -2.37. The molecule has 0 aromatic carbocycles. The SMILES string of the molecule is C=CC(C)=CCC1OC(C)C(N)CC1C. The molecule has 4 unspecified atom stereocenters. The van der Waals surface area contributed by atoms with Crippen molar-refractivity contribution in [2.45, 2.75) is 51.9 Å². The van der Waals surface area contributed by atoms with Crippen molar-refractivity contribution in [3.63, 3.8) is 0 Å². The molecule has 15 heavy (non-hydrogen) atoms. The van der Waals surface area contributed by atoms with Crippen molar-refractivity contribution in [2.75, 3.05) is 0 Å². The van der Waals surface area contributed by atoms with E-state index in [2.05, 4.69) is 33.4 Å². The van der Waals surface area contributed by atoms with Crippen LogP contribution in [0, 0.1) is 5.92 Å². The normalized spacial score (nSPS) is 37.7. The van der Waals surface area contributed by atoms with Crippen LogP contribution in [-0.4, -0.2) is 18.2 Å². The van der Waals surface area contributed by atoms with Gasteiger partial charge in [-0.25, -0.2) is 0 Å². The molecule has 4 atom stereocenters. The van der Waals surface area contributed by atoms with Crippen molar-refractivity contribution < 1.29 is 4.74 Å². The third-order valence-corrected chi connectivity index (χ3v) is 3.27. The summed E-state index contributed by atoms with van der Waals surface area (Å²) in [7, 11) is 0. The summed E-state index contributed by atoms with van der Waals surface area (Å²) < 4.78 is 5.90. The van der Waals surface area contributed by atoms with Gasteiger partial charge >= 0.3 is 0 Å². The molecule has 0 spiro atoms. The summed E-state index contributed by atoms with van der Waals surface area (Å²) in [6, 6.07) is 0.195. The Morgan fingerprint density at radius 3 is 2.80 bits per heavy atom.